The lowest BCUT2D eigenvalue weighted by atomic mass is 10.1. The molecule has 18 heavy (non-hydrogen) atoms. The summed E-state index contributed by atoms with van der Waals surface area (Å²) in [4.78, 5) is 0. The first-order chi connectivity index (χ1) is 8.21. The number of nitrogens with one attached hydrogen (secondary N) is 1. The first-order valence-corrected chi connectivity index (χ1v) is 8.06. The maximum atomic E-state index is 11.9. The molecule has 0 spiro atoms. The number of hydrogen-bond acceptors (Lipinski definition) is 2. The molecule has 0 heterocycles. The molecule has 3 nitrogen and oxygen atoms in total. The van der Waals surface area contributed by atoms with Crippen LogP contribution in [0.1, 0.15) is 26.3 Å². The topological polar surface area (TPSA) is 46.2 Å². The van der Waals surface area contributed by atoms with E-state index in [0.717, 1.165) is 0 Å². The second kappa shape index (κ2) is 6.24. The van der Waals surface area contributed by atoms with Crippen molar-refractivity contribution < 1.29 is 8.42 Å². The van der Waals surface area contributed by atoms with Gasteiger partial charge in [0.15, 0.2) is 0 Å². The van der Waals surface area contributed by atoms with Gasteiger partial charge >= 0.3 is 0 Å². The third kappa shape index (κ3) is 4.76. The predicted octanol–water partition coefficient (Wildman–Crippen LogP) is 3.46. The number of benzene rings is 1. The molecule has 0 aliphatic heterocycles. The highest BCUT2D eigenvalue weighted by Crippen LogP contribution is 2.22. The molecule has 0 fully saturated rings. The van der Waals surface area contributed by atoms with Crippen LogP contribution in [0, 0.1) is 5.92 Å². The Morgan fingerprint density at radius 2 is 1.83 bits per heavy atom. The molecular formula is C12H17Cl2NO2S. The highest BCUT2D eigenvalue weighted by Gasteiger charge is 2.18. The van der Waals surface area contributed by atoms with E-state index < -0.39 is 10.0 Å². The van der Waals surface area contributed by atoms with Crippen LogP contribution in [-0.4, -0.2) is 14.5 Å². The maximum absolute atomic E-state index is 11.9. The highest BCUT2D eigenvalue weighted by molar-refractivity contribution is 7.88. The van der Waals surface area contributed by atoms with E-state index in [1.54, 1.807) is 18.2 Å². The number of halogens is 2. The summed E-state index contributed by atoms with van der Waals surface area (Å²) >= 11 is 11.7. The molecule has 0 aliphatic rings. The molecule has 0 saturated carbocycles. The molecule has 6 heteroatoms. The van der Waals surface area contributed by atoms with Gasteiger partial charge in [0.1, 0.15) is 0 Å². The van der Waals surface area contributed by atoms with Gasteiger partial charge in [-0.2, -0.15) is 0 Å². The first-order valence-electron chi connectivity index (χ1n) is 5.65. The lowest BCUT2D eigenvalue weighted by Crippen LogP contribution is -2.36. The summed E-state index contributed by atoms with van der Waals surface area (Å²) in [6.07, 6.45) is 0. The van der Waals surface area contributed by atoms with Crippen molar-refractivity contribution in [3.05, 3.63) is 33.8 Å². The van der Waals surface area contributed by atoms with Gasteiger partial charge in [-0.3, -0.25) is 0 Å². The van der Waals surface area contributed by atoms with Crippen molar-refractivity contribution in [2.45, 2.75) is 32.6 Å². The van der Waals surface area contributed by atoms with E-state index in [4.69, 9.17) is 23.2 Å². The van der Waals surface area contributed by atoms with E-state index in [0.29, 0.717) is 15.6 Å². The summed E-state index contributed by atoms with van der Waals surface area (Å²) in [5, 5.41) is 0.856. The van der Waals surface area contributed by atoms with Gasteiger partial charge < -0.3 is 0 Å². The van der Waals surface area contributed by atoms with Gasteiger partial charge in [-0.15, -0.1) is 0 Å². The molecule has 1 atom stereocenters. The molecule has 0 aliphatic carbocycles. The molecule has 0 unspecified atom stereocenters. The third-order valence-electron chi connectivity index (χ3n) is 2.73. The molecule has 0 bridgehead atoms. The summed E-state index contributed by atoms with van der Waals surface area (Å²) in [6, 6.07) is 4.69. The third-order valence-corrected chi connectivity index (χ3v) is 4.73. The van der Waals surface area contributed by atoms with Crippen molar-refractivity contribution in [2.24, 2.45) is 5.92 Å². The van der Waals surface area contributed by atoms with Crippen molar-refractivity contribution in [3.8, 4) is 0 Å². The predicted molar refractivity (Wildman–Crippen MR) is 76.5 cm³/mol. The Balaban J connectivity index is 2.83. The fourth-order valence-electron chi connectivity index (χ4n) is 1.30. The average Bonchev–Trinajstić information content (AvgIpc) is 2.21. The lowest BCUT2D eigenvalue weighted by Gasteiger charge is -2.17. The monoisotopic (exact) mass is 309 g/mol. The van der Waals surface area contributed by atoms with Gasteiger partial charge in [-0.1, -0.05) is 43.1 Å². The Kier molecular flexibility index (Phi) is 5.46. The summed E-state index contributed by atoms with van der Waals surface area (Å²) in [5.41, 5.74) is 0.546. The first kappa shape index (κ1) is 15.8. The fraction of sp³-hybridized carbons (Fsp3) is 0.500. The van der Waals surface area contributed by atoms with Crippen LogP contribution in [0.2, 0.25) is 10.0 Å². The van der Waals surface area contributed by atoms with Crippen LogP contribution < -0.4 is 4.72 Å². The largest absolute Gasteiger partial charge is 0.216 e. The quantitative estimate of drug-likeness (QED) is 0.905. The van der Waals surface area contributed by atoms with Crippen LogP contribution >= 0.6 is 23.2 Å². The molecule has 0 aromatic heterocycles. The van der Waals surface area contributed by atoms with Crippen molar-refractivity contribution in [2.75, 3.05) is 0 Å². The molecule has 1 N–H and O–H groups in total. The maximum Gasteiger partial charge on any atom is 0.216 e. The molecule has 0 saturated heterocycles. The van der Waals surface area contributed by atoms with E-state index in [2.05, 4.69) is 4.72 Å². The van der Waals surface area contributed by atoms with Gasteiger partial charge in [0.2, 0.25) is 10.0 Å². The van der Waals surface area contributed by atoms with E-state index in [1.165, 1.54) is 0 Å². The minimum Gasteiger partial charge on any atom is -0.212 e. The van der Waals surface area contributed by atoms with Crippen LogP contribution in [0.25, 0.3) is 0 Å². The Hall–Kier alpha value is -0.290. The van der Waals surface area contributed by atoms with Gasteiger partial charge in [0, 0.05) is 16.1 Å². The van der Waals surface area contributed by atoms with Crippen LogP contribution in [0.4, 0.5) is 0 Å². The zero-order valence-corrected chi connectivity index (χ0v) is 12.9. The van der Waals surface area contributed by atoms with Crippen molar-refractivity contribution in [1.29, 1.82) is 0 Å². The molecule has 0 amide bonds. The van der Waals surface area contributed by atoms with E-state index >= 15 is 0 Å². The number of sulfonamides is 1. The normalized spacial score (nSPS) is 13.9. The van der Waals surface area contributed by atoms with E-state index in [1.807, 2.05) is 20.8 Å². The molecule has 0 radical (unpaired) electrons. The van der Waals surface area contributed by atoms with Crippen LogP contribution in [0.5, 0.6) is 0 Å². The summed E-state index contributed by atoms with van der Waals surface area (Å²) in [6.45, 7) is 5.76. The van der Waals surface area contributed by atoms with Gasteiger partial charge in [0.05, 0.1) is 5.75 Å². The van der Waals surface area contributed by atoms with Crippen LogP contribution in [0.15, 0.2) is 18.2 Å². The summed E-state index contributed by atoms with van der Waals surface area (Å²) in [5.74, 6) is 0.0977. The number of rotatable bonds is 5. The average molecular weight is 310 g/mol. The van der Waals surface area contributed by atoms with Crippen molar-refractivity contribution in [1.82, 2.24) is 4.72 Å². The van der Waals surface area contributed by atoms with Gasteiger partial charge in [-0.05, 0) is 30.5 Å². The Labute approximate surface area is 119 Å². The molecule has 102 valence electrons. The smallest absolute Gasteiger partial charge is 0.212 e. The van der Waals surface area contributed by atoms with Crippen LogP contribution in [-0.2, 0) is 15.8 Å². The summed E-state index contributed by atoms with van der Waals surface area (Å²) < 4.78 is 26.5. The van der Waals surface area contributed by atoms with Crippen molar-refractivity contribution >= 4 is 33.2 Å². The standard InChI is InChI=1S/C12H17Cl2NO2S/c1-8(2)9(3)15-18(16,17)7-10-4-5-11(13)6-12(10)14/h4-6,8-9,15H,7H2,1-3H3/t9-/m1/s1. The molecular weight excluding hydrogens is 293 g/mol. The summed E-state index contributed by atoms with van der Waals surface area (Å²) in [7, 11) is -3.39. The molecule has 1 rings (SSSR count). The van der Waals surface area contributed by atoms with Gasteiger partial charge in [-0.25, -0.2) is 13.1 Å². The van der Waals surface area contributed by atoms with E-state index in [-0.39, 0.29) is 17.7 Å². The number of hydrogen-bond donors (Lipinski definition) is 1. The zero-order chi connectivity index (χ0) is 13.9. The van der Waals surface area contributed by atoms with Crippen LogP contribution in [0.3, 0.4) is 0 Å². The Morgan fingerprint density at radius 3 is 2.33 bits per heavy atom. The Morgan fingerprint density at radius 1 is 1.22 bits per heavy atom. The Bertz CT molecular complexity index is 515. The van der Waals surface area contributed by atoms with Gasteiger partial charge in [0.25, 0.3) is 0 Å². The SMILES string of the molecule is CC(C)[C@@H](C)NS(=O)(=O)Cc1ccc(Cl)cc1Cl. The lowest BCUT2D eigenvalue weighted by molar-refractivity contribution is 0.476. The molecule has 1 aromatic rings. The fourth-order valence-corrected chi connectivity index (χ4v) is 3.44. The van der Waals surface area contributed by atoms with Crippen molar-refractivity contribution in [3.63, 3.8) is 0 Å². The second-order valence-corrected chi connectivity index (χ2v) is 7.24. The minimum absolute atomic E-state index is 0.110. The molecule has 1 aromatic carbocycles. The minimum atomic E-state index is -3.39. The highest BCUT2D eigenvalue weighted by atomic mass is 35.5. The van der Waals surface area contributed by atoms with E-state index in [9.17, 15) is 8.42 Å². The second-order valence-electron chi connectivity index (χ2n) is 4.65. The zero-order valence-electron chi connectivity index (χ0n) is 10.6.